The topological polar surface area (TPSA) is 55.3 Å². The van der Waals surface area contributed by atoms with E-state index in [1.165, 1.54) is 12.4 Å². The molecule has 1 fully saturated rings. The Kier molecular flexibility index (Phi) is 3.96. The average Bonchev–Trinajstić information content (AvgIpc) is 2.39. The van der Waals surface area contributed by atoms with Crippen LogP contribution in [-0.4, -0.2) is 48.8 Å². The van der Waals surface area contributed by atoms with E-state index in [1.807, 2.05) is 0 Å². The number of ether oxygens (including phenoxy) is 1. The Hall–Kier alpha value is -1.59. The lowest BCUT2D eigenvalue weighted by Gasteiger charge is -2.28. The molecule has 88 valence electrons. The summed E-state index contributed by atoms with van der Waals surface area (Å²) in [5, 5.41) is 0. The molecule has 1 amide bonds. The number of likely N-dealkylation sites (tertiary alicyclic amines) is 1. The standard InChI is InChI=1S/C11H14BN3O2/c12-10-5-13-11(14-6-10)17-7-9-1-3-15(8-16)4-2-9/h5-6,8-9H,1-4,7H2. The van der Waals surface area contributed by atoms with Crippen molar-refractivity contribution in [3.63, 3.8) is 0 Å². The highest BCUT2D eigenvalue weighted by molar-refractivity contribution is 6.31. The van der Waals surface area contributed by atoms with Gasteiger partial charge in [-0.1, -0.05) is 5.46 Å². The van der Waals surface area contributed by atoms with Crippen LogP contribution in [0.15, 0.2) is 12.4 Å². The molecule has 0 aromatic carbocycles. The normalized spacial score (nSPS) is 16.8. The fraction of sp³-hybridized carbons (Fsp3) is 0.545. The average molecular weight is 231 g/mol. The van der Waals surface area contributed by atoms with Gasteiger partial charge in [0.05, 0.1) is 6.61 Å². The number of hydrogen-bond donors (Lipinski definition) is 0. The van der Waals surface area contributed by atoms with Crippen LogP contribution in [-0.2, 0) is 4.79 Å². The molecular weight excluding hydrogens is 217 g/mol. The van der Waals surface area contributed by atoms with E-state index in [0.717, 1.165) is 32.3 Å². The minimum Gasteiger partial charge on any atom is -0.463 e. The third kappa shape index (κ3) is 3.44. The van der Waals surface area contributed by atoms with E-state index >= 15 is 0 Å². The van der Waals surface area contributed by atoms with Gasteiger partial charge in [-0.15, -0.1) is 0 Å². The molecule has 2 heterocycles. The first kappa shape index (κ1) is 11.9. The van der Waals surface area contributed by atoms with E-state index in [-0.39, 0.29) is 0 Å². The minimum absolute atomic E-state index is 0.358. The lowest BCUT2D eigenvalue weighted by molar-refractivity contribution is -0.119. The fourth-order valence-corrected chi connectivity index (χ4v) is 1.82. The molecule has 1 aliphatic heterocycles. The van der Waals surface area contributed by atoms with E-state index < -0.39 is 0 Å². The number of piperidine rings is 1. The van der Waals surface area contributed by atoms with E-state index in [1.54, 1.807) is 4.90 Å². The highest BCUT2D eigenvalue weighted by atomic mass is 16.5. The third-order valence-corrected chi connectivity index (χ3v) is 2.89. The van der Waals surface area contributed by atoms with Crippen LogP contribution in [0.1, 0.15) is 12.8 Å². The van der Waals surface area contributed by atoms with Gasteiger partial charge in [0.2, 0.25) is 6.41 Å². The lowest BCUT2D eigenvalue weighted by Crippen LogP contribution is -2.34. The van der Waals surface area contributed by atoms with Crippen LogP contribution in [0.25, 0.3) is 0 Å². The van der Waals surface area contributed by atoms with Crippen molar-refractivity contribution >= 4 is 19.7 Å². The second kappa shape index (κ2) is 5.66. The van der Waals surface area contributed by atoms with Crippen LogP contribution in [0.4, 0.5) is 0 Å². The molecule has 5 nitrogen and oxygen atoms in total. The maximum Gasteiger partial charge on any atom is 0.316 e. The molecule has 2 radical (unpaired) electrons. The van der Waals surface area contributed by atoms with Crippen LogP contribution in [0.3, 0.4) is 0 Å². The van der Waals surface area contributed by atoms with Crippen molar-refractivity contribution in [2.75, 3.05) is 19.7 Å². The smallest absolute Gasteiger partial charge is 0.316 e. The molecule has 1 aliphatic rings. The van der Waals surface area contributed by atoms with Crippen molar-refractivity contribution in [3.05, 3.63) is 12.4 Å². The summed E-state index contributed by atoms with van der Waals surface area (Å²) in [5.74, 6) is 0.465. The van der Waals surface area contributed by atoms with Crippen LogP contribution in [0.5, 0.6) is 6.01 Å². The maximum absolute atomic E-state index is 10.5. The molecule has 0 bridgehead atoms. The maximum atomic E-state index is 10.5. The molecule has 0 saturated carbocycles. The fourth-order valence-electron chi connectivity index (χ4n) is 1.82. The second-order valence-electron chi connectivity index (χ2n) is 4.19. The molecule has 0 spiro atoms. The van der Waals surface area contributed by atoms with Crippen molar-refractivity contribution in [1.29, 1.82) is 0 Å². The summed E-state index contributed by atoms with van der Waals surface area (Å²) < 4.78 is 5.48. The van der Waals surface area contributed by atoms with Gasteiger partial charge in [-0.05, 0) is 18.8 Å². The Bertz CT molecular complexity index is 363. The molecule has 0 atom stereocenters. The first-order chi connectivity index (χ1) is 8.28. The summed E-state index contributed by atoms with van der Waals surface area (Å²) in [4.78, 5) is 20.3. The summed E-state index contributed by atoms with van der Waals surface area (Å²) in [6.45, 7) is 2.21. The van der Waals surface area contributed by atoms with Gasteiger partial charge < -0.3 is 9.64 Å². The number of amides is 1. The third-order valence-electron chi connectivity index (χ3n) is 2.89. The second-order valence-corrected chi connectivity index (χ2v) is 4.19. The zero-order valence-electron chi connectivity index (χ0n) is 9.58. The van der Waals surface area contributed by atoms with Crippen LogP contribution >= 0.6 is 0 Å². The van der Waals surface area contributed by atoms with Crippen molar-refractivity contribution in [3.8, 4) is 6.01 Å². The van der Waals surface area contributed by atoms with E-state index in [2.05, 4.69) is 9.97 Å². The zero-order chi connectivity index (χ0) is 12.1. The number of nitrogens with zero attached hydrogens (tertiary/aromatic N) is 3. The van der Waals surface area contributed by atoms with Crippen LogP contribution in [0, 0.1) is 5.92 Å². The van der Waals surface area contributed by atoms with Crippen LogP contribution in [0.2, 0.25) is 0 Å². The number of carbonyl (C=O) groups excluding carboxylic acids is 1. The molecule has 1 aromatic rings. The van der Waals surface area contributed by atoms with Crippen LogP contribution < -0.4 is 10.2 Å². The number of carbonyl (C=O) groups is 1. The summed E-state index contributed by atoms with van der Waals surface area (Å²) in [6, 6.07) is 0.358. The molecule has 0 N–H and O–H groups in total. The van der Waals surface area contributed by atoms with Gasteiger partial charge in [0, 0.05) is 25.5 Å². The number of hydrogen-bond acceptors (Lipinski definition) is 4. The van der Waals surface area contributed by atoms with Gasteiger partial charge in [0.15, 0.2) is 0 Å². The highest BCUT2D eigenvalue weighted by Gasteiger charge is 2.18. The zero-order valence-corrected chi connectivity index (χ0v) is 9.58. The van der Waals surface area contributed by atoms with Crippen molar-refractivity contribution in [2.24, 2.45) is 5.92 Å². The van der Waals surface area contributed by atoms with Gasteiger partial charge >= 0.3 is 6.01 Å². The minimum atomic E-state index is 0.358. The van der Waals surface area contributed by atoms with Gasteiger partial charge in [-0.3, -0.25) is 4.79 Å². The molecule has 2 rings (SSSR count). The van der Waals surface area contributed by atoms with Gasteiger partial charge in [0.1, 0.15) is 7.85 Å². The van der Waals surface area contributed by atoms with Gasteiger partial charge in [-0.2, -0.15) is 0 Å². The van der Waals surface area contributed by atoms with E-state index in [9.17, 15) is 4.79 Å². The van der Waals surface area contributed by atoms with Gasteiger partial charge in [-0.25, -0.2) is 9.97 Å². The molecule has 17 heavy (non-hydrogen) atoms. The first-order valence-corrected chi connectivity index (χ1v) is 5.67. The number of rotatable bonds is 4. The predicted molar refractivity (Wildman–Crippen MR) is 63.3 cm³/mol. The molecule has 1 saturated heterocycles. The molecule has 0 unspecified atom stereocenters. The van der Waals surface area contributed by atoms with Crippen molar-refractivity contribution < 1.29 is 9.53 Å². The molecule has 1 aromatic heterocycles. The van der Waals surface area contributed by atoms with E-state index in [0.29, 0.717) is 24.0 Å². The summed E-state index contributed by atoms with van der Waals surface area (Å²) in [7, 11) is 5.48. The quantitative estimate of drug-likeness (QED) is 0.518. The predicted octanol–water partition coefficient (Wildman–Crippen LogP) is -0.482. The Morgan fingerprint density at radius 3 is 2.65 bits per heavy atom. The SMILES string of the molecule is [B]c1cnc(OCC2CCN(C=O)CC2)nc1. The summed E-state index contributed by atoms with van der Waals surface area (Å²) >= 11 is 0. The number of aromatic nitrogens is 2. The highest BCUT2D eigenvalue weighted by Crippen LogP contribution is 2.16. The summed E-state index contributed by atoms with van der Waals surface area (Å²) in [6.07, 6.45) is 5.89. The lowest BCUT2D eigenvalue weighted by atomic mass is 9.98. The van der Waals surface area contributed by atoms with E-state index in [4.69, 9.17) is 12.6 Å². The molecule has 0 aliphatic carbocycles. The first-order valence-electron chi connectivity index (χ1n) is 5.67. The largest absolute Gasteiger partial charge is 0.463 e. The Morgan fingerprint density at radius 2 is 2.06 bits per heavy atom. The Morgan fingerprint density at radius 1 is 1.41 bits per heavy atom. The Balaban J connectivity index is 1.75. The van der Waals surface area contributed by atoms with Crippen molar-refractivity contribution in [2.45, 2.75) is 12.8 Å². The van der Waals surface area contributed by atoms with Crippen molar-refractivity contribution in [1.82, 2.24) is 14.9 Å². The molecule has 6 heteroatoms. The summed E-state index contributed by atoms with van der Waals surface area (Å²) in [5.41, 5.74) is 0.525. The van der Waals surface area contributed by atoms with Gasteiger partial charge in [0.25, 0.3) is 0 Å². The monoisotopic (exact) mass is 231 g/mol. The Labute approximate surface area is 102 Å². The molecular formula is C11H14BN3O2.